The summed E-state index contributed by atoms with van der Waals surface area (Å²) in [5.41, 5.74) is 2.96. The van der Waals surface area contributed by atoms with Gasteiger partial charge in [0.15, 0.2) is 0 Å². The predicted octanol–water partition coefficient (Wildman–Crippen LogP) is 0.822. The average molecular weight is 355 g/mol. The third-order valence-corrected chi connectivity index (χ3v) is 4.71. The summed E-state index contributed by atoms with van der Waals surface area (Å²) in [4.78, 5) is 13.0. The molecular weight excluding hydrogens is 330 g/mol. The molecule has 1 aromatic rings. The molecule has 1 atom stereocenters. The molecule has 21 heavy (non-hydrogen) atoms. The number of nitrogens with zero attached hydrogens (tertiary/aromatic N) is 1. The van der Waals surface area contributed by atoms with Crippen molar-refractivity contribution in [2.75, 3.05) is 11.4 Å². The molecule has 118 valence electrons. The zero-order chi connectivity index (χ0) is 14.8. The molecule has 0 aromatic heterocycles. The molecular formula is C17H25BrNO2-. The molecule has 1 heterocycles. The van der Waals surface area contributed by atoms with Gasteiger partial charge in [0.25, 0.3) is 0 Å². The monoisotopic (exact) mass is 354 g/mol. The van der Waals surface area contributed by atoms with Gasteiger partial charge in [0.2, 0.25) is 0 Å². The summed E-state index contributed by atoms with van der Waals surface area (Å²) in [5, 5.41) is 8.65. The van der Waals surface area contributed by atoms with Gasteiger partial charge in [0.05, 0.1) is 0 Å². The van der Waals surface area contributed by atoms with Crippen molar-refractivity contribution in [1.82, 2.24) is 0 Å². The van der Waals surface area contributed by atoms with Crippen molar-refractivity contribution in [1.29, 1.82) is 0 Å². The van der Waals surface area contributed by atoms with E-state index in [0.29, 0.717) is 6.04 Å². The largest absolute Gasteiger partial charge is 1.00 e. The SMILES string of the molecule is CC1N(CCCCCC(=O)O)c2ccccc2C1(C)C.[Br-]. The van der Waals surface area contributed by atoms with Crippen LogP contribution in [0.2, 0.25) is 0 Å². The number of carboxylic acid groups (broad SMARTS) is 1. The zero-order valence-corrected chi connectivity index (χ0v) is 14.7. The highest BCUT2D eigenvalue weighted by Gasteiger charge is 2.40. The van der Waals surface area contributed by atoms with Gasteiger partial charge >= 0.3 is 5.97 Å². The van der Waals surface area contributed by atoms with E-state index in [-0.39, 0.29) is 28.8 Å². The van der Waals surface area contributed by atoms with E-state index < -0.39 is 5.97 Å². The van der Waals surface area contributed by atoms with Crippen molar-refractivity contribution < 1.29 is 26.9 Å². The summed E-state index contributed by atoms with van der Waals surface area (Å²) >= 11 is 0. The number of anilines is 1. The predicted molar refractivity (Wildman–Crippen MR) is 82.4 cm³/mol. The molecule has 0 amide bonds. The second-order valence-electron chi connectivity index (χ2n) is 6.31. The smallest absolute Gasteiger partial charge is 0.303 e. The first-order valence-corrected chi connectivity index (χ1v) is 7.52. The first-order valence-electron chi connectivity index (χ1n) is 7.52. The number of carboxylic acids is 1. The van der Waals surface area contributed by atoms with Gasteiger partial charge in [-0.15, -0.1) is 0 Å². The number of hydrogen-bond donors (Lipinski definition) is 1. The Morgan fingerprint density at radius 3 is 2.57 bits per heavy atom. The summed E-state index contributed by atoms with van der Waals surface area (Å²) in [7, 11) is 0. The van der Waals surface area contributed by atoms with Crippen molar-refractivity contribution >= 4 is 11.7 Å². The molecule has 0 saturated carbocycles. The van der Waals surface area contributed by atoms with Crippen molar-refractivity contribution in [3.05, 3.63) is 29.8 Å². The second-order valence-corrected chi connectivity index (χ2v) is 6.31. The summed E-state index contributed by atoms with van der Waals surface area (Å²) < 4.78 is 0. The maximum absolute atomic E-state index is 10.5. The van der Waals surface area contributed by atoms with Crippen molar-refractivity contribution in [2.24, 2.45) is 0 Å². The lowest BCUT2D eigenvalue weighted by atomic mass is 9.81. The van der Waals surface area contributed by atoms with Crippen LogP contribution in [-0.4, -0.2) is 23.7 Å². The van der Waals surface area contributed by atoms with Crippen LogP contribution in [-0.2, 0) is 10.2 Å². The standard InChI is InChI=1S/C17H25NO2.BrH/c1-13-17(2,3)14-9-6-7-10-15(14)18(13)12-8-4-5-11-16(19)20;/h6-7,9-10,13H,4-5,8,11-12H2,1-3H3,(H,19,20);1H/p-1. The third kappa shape index (κ3) is 3.79. The van der Waals surface area contributed by atoms with E-state index in [1.807, 2.05) is 0 Å². The first-order chi connectivity index (χ1) is 9.44. The fourth-order valence-electron chi connectivity index (χ4n) is 3.14. The van der Waals surface area contributed by atoms with E-state index in [1.165, 1.54) is 11.3 Å². The minimum atomic E-state index is -0.689. The van der Waals surface area contributed by atoms with Crippen LogP contribution in [0.25, 0.3) is 0 Å². The Morgan fingerprint density at radius 1 is 1.24 bits per heavy atom. The number of halogens is 1. The van der Waals surface area contributed by atoms with Gasteiger partial charge in [-0.05, 0) is 31.4 Å². The zero-order valence-electron chi connectivity index (χ0n) is 13.1. The molecule has 1 aromatic carbocycles. The van der Waals surface area contributed by atoms with Crippen LogP contribution in [0.5, 0.6) is 0 Å². The fraction of sp³-hybridized carbons (Fsp3) is 0.588. The summed E-state index contributed by atoms with van der Waals surface area (Å²) in [6.45, 7) is 7.92. The molecule has 4 heteroatoms. The molecule has 0 spiro atoms. The maximum Gasteiger partial charge on any atom is 0.303 e. The molecule has 1 N–H and O–H groups in total. The van der Waals surface area contributed by atoms with Gasteiger partial charge in [-0.25, -0.2) is 0 Å². The Bertz CT molecular complexity index is 487. The van der Waals surface area contributed by atoms with E-state index in [4.69, 9.17) is 5.11 Å². The molecule has 2 rings (SSSR count). The number of fused-ring (bicyclic) bond motifs is 1. The molecule has 1 aliphatic rings. The minimum absolute atomic E-state index is 0. The molecule has 1 unspecified atom stereocenters. The van der Waals surface area contributed by atoms with Gasteiger partial charge in [-0.3, -0.25) is 4.79 Å². The number of hydrogen-bond acceptors (Lipinski definition) is 2. The van der Waals surface area contributed by atoms with E-state index in [1.54, 1.807) is 0 Å². The van der Waals surface area contributed by atoms with Gasteiger partial charge in [0.1, 0.15) is 0 Å². The molecule has 3 nitrogen and oxygen atoms in total. The summed E-state index contributed by atoms with van der Waals surface area (Å²) in [5.74, 6) is -0.689. The Balaban J connectivity index is 0.00000220. The highest BCUT2D eigenvalue weighted by atomic mass is 79.9. The van der Waals surface area contributed by atoms with Crippen molar-refractivity contribution in [3.63, 3.8) is 0 Å². The molecule has 0 aliphatic carbocycles. The van der Waals surface area contributed by atoms with E-state index >= 15 is 0 Å². The second kappa shape index (κ2) is 7.30. The van der Waals surface area contributed by atoms with Crippen LogP contribution >= 0.6 is 0 Å². The van der Waals surface area contributed by atoms with Crippen LogP contribution in [0.1, 0.15) is 52.0 Å². The van der Waals surface area contributed by atoms with Gasteiger partial charge in [0, 0.05) is 30.1 Å². The lowest BCUT2D eigenvalue weighted by Crippen LogP contribution is -3.00. The summed E-state index contributed by atoms with van der Waals surface area (Å²) in [6.07, 6.45) is 3.11. The Morgan fingerprint density at radius 2 is 1.90 bits per heavy atom. The van der Waals surface area contributed by atoms with Crippen molar-refractivity contribution in [3.8, 4) is 0 Å². The average Bonchev–Trinajstić information content (AvgIpc) is 2.59. The number of aliphatic carboxylic acids is 1. The highest BCUT2D eigenvalue weighted by Crippen LogP contribution is 2.44. The topological polar surface area (TPSA) is 40.5 Å². The molecule has 0 fully saturated rings. The van der Waals surface area contributed by atoms with Crippen LogP contribution in [0, 0.1) is 0 Å². The van der Waals surface area contributed by atoms with Crippen LogP contribution in [0.4, 0.5) is 5.69 Å². The van der Waals surface area contributed by atoms with Gasteiger partial charge in [-0.2, -0.15) is 0 Å². The molecule has 1 aliphatic heterocycles. The number of para-hydroxylation sites is 1. The number of unbranched alkanes of at least 4 members (excludes halogenated alkanes) is 2. The molecule has 0 saturated heterocycles. The summed E-state index contributed by atoms with van der Waals surface area (Å²) in [6, 6.07) is 9.14. The Kier molecular flexibility index (Phi) is 6.26. The van der Waals surface area contributed by atoms with Crippen molar-refractivity contribution in [2.45, 2.75) is 57.9 Å². The van der Waals surface area contributed by atoms with Crippen LogP contribution < -0.4 is 21.9 Å². The minimum Gasteiger partial charge on any atom is -1.00 e. The van der Waals surface area contributed by atoms with Crippen LogP contribution in [0.15, 0.2) is 24.3 Å². The normalized spacial score (nSPS) is 19.0. The van der Waals surface area contributed by atoms with Gasteiger partial charge < -0.3 is 27.0 Å². The van der Waals surface area contributed by atoms with E-state index in [9.17, 15) is 4.79 Å². The van der Waals surface area contributed by atoms with Crippen LogP contribution in [0.3, 0.4) is 0 Å². The first kappa shape index (κ1) is 18.0. The fourth-order valence-corrected chi connectivity index (χ4v) is 3.14. The maximum atomic E-state index is 10.5. The molecule has 0 bridgehead atoms. The Hall–Kier alpha value is -1.03. The lowest BCUT2D eigenvalue weighted by molar-refractivity contribution is -0.137. The molecule has 0 radical (unpaired) electrons. The number of rotatable bonds is 6. The highest BCUT2D eigenvalue weighted by molar-refractivity contribution is 5.66. The lowest BCUT2D eigenvalue weighted by Gasteiger charge is -2.31. The quantitative estimate of drug-likeness (QED) is 0.769. The third-order valence-electron chi connectivity index (χ3n) is 4.71. The van der Waals surface area contributed by atoms with Gasteiger partial charge in [-0.1, -0.05) is 38.5 Å². The number of benzene rings is 1. The number of carbonyl (C=O) groups is 1. The van der Waals surface area contributed by atoms with E-state index in [2.05, 4.69) is 49.9 Å². The van der Waals surface area contributed by atoms with E-state index in [0.717, 1.165) is 25.8 Å². The Labute approximate surface area is 138 Å².